The Morgan fingerprint density at radius 1 is 0.294 bits per heavy atom. The molecule has 17 rings (SSSR count). The number of aromatic nitrogens is 6. The highest BCUT2D eigenvalue weighted by molar-refractivity contribution is 5.98. The molecule has 0 saturated carbocycles. The Bertz CT molecular complexity index is 4620. The first kappa shape index (κ1) is 51.1. The van der Waals surface area contributed by atoms with Gasteiger partial charge in [0.25, 0.3) is 0 Å². The van der Waals surface area contributed by atoms with E-state index in [-0.39, 0.29) is 5.41 Å². The van der Waals surface area contributed by atoms with E-state index in [1.54, 1.807) is 0 Å². The topological polar surface area (TPSA) is 62.2 Å². The van der Waals surface area contributed by atoms with Gasteiger partial charge in [-0.1, -0.05) is 200 Å². The van der Waals surface area contributed by atoms with Gasteiger partial charge in [0.15, 0.2) is 0 Å². The second kappa shape index (κ2) is 21.2. The van der Waals surface area contributed by atoms with Crippen molar-refractivity contribution in [2.24, 2.45) is 0 Å². The van der Waals surface area contributed by atoms with E-state index in [1.807, 2.05) is 0 Å². The van der Waals surface area contributed by atoms with Crippen molar-refractivity contribution in [3.63, 3.8) is 0 Å². The Morgan fingerprint density at radius 2 is 0.588 bits per heavy atom. The van der Waals surface area contributed by atoms with Crippen LogP contribution >= 0.6 is 0 Å². The Labute approximate surface area is 494 Å². The molecule has 0 spiro atoms. The van der Waals surface area contributed by atoms with E-state index in [1.165, 1.54) is 93.4 Å². The molecule has 0 unspecified atom stereocenters. The first-order chi connectivity index (χ1) is 41.9. The number of aromatic amines is 3. The molecule has 6 aromatic heterocycles. The molecular weight excluding hydrogens is 1030 g/mol. The normalized spacial score (nSPS) is 12.3. The number of fused-ring (bicyclic) bond motifs is 7. The Kier molecular flexibility index (Phi) is 12.7. The molecule has 0 saturated heterocycles. The summed E-state index contributed by atoms with van der Waals surface area (Å²) in [6.07, 6.45) is 19.2. The van der Waals surface area contributed by atoms with Crippen molar-refractivity contribution in [1.82, 2.24) is 28.7 Å². The van der Waals surface area contributed by atoms with Crippen LogP contribution in [0.3, 0.4) is 0 Å². The Morgan fingerprint density at radius 3 is 0.953 bits per heavy atom. The lowest BCUT2D eigenvalue weighted by molar-refractivity contribution is 0.706. The number of benzene rings is 10. The molecule has 16 aromatic rings. The molecule has 0 aliphatic heterocycles. The van der Waals surface area contributed by atoms with Crippen LogP contribution in [0.15, 0.2) is 304 Å². The number of nitrogens with zero attached hydrogens (tertiary/aromatic N) is 3. The molecule has 0 amide bonds. The minimum atomic E-state index is -0.543. The fourth-order valence-corrected chi connectivity index (χ4v) is 13.7. The summed E-state index contributed by atoms with van der Waals surface area (Å²) in [5, 5.41) is 7.49. The fourth-order valence-electron chi connectivity index (χ4n) is 13.7. The molecule has 0 bridgehead atoms. The zero-order chi connectivity index (χ0) is 56.9. The summed E-state index contributed by atoms with van der Waals surface area (Å²) < 4.78 is 7.07. The van der Waals surface area contributed by atoms with Crippen LogP contribution in [0.1, 0.15) is 58.4 Å². The van der Waals surface area contributed by atoms with Gasteiger partial charge < -0.3 is 28.7 Å². The van der Waals surface area contributed by atoms with E-state index in [4.69, 9.17) is 0 Å². The van der Waals surface area contributed by atoms with Crippen molar-refractivity contribution in [2.45, 2.75) is 31.1 Å². The molecular formula is C79H62N6. The Balaban J connectivity index is 0.000000135. The van der Waals surface area contributed by atoms with E-state index >= 15 is 0 Å². The second-order valence-corrected chi connectivity index (χ2v) is 22.6. The zero-order valence-electron chi connectivity index (χ0n) is 47.5. The highest BCUT2D eigenvalue weighted by Crippen LogP contribution is 2.50. The van der Waals surface area contributed by atoms with Crippen LogP contribution < -0.4 is 0 Å². The summed E-state index contributed by atoms with van der Waals surface area (Å²) in [5.74, 6) is 0. The summed E-state index contributed by atoms with van der Waals surface area (Å²) in [6.45, 7) is 4.77. The van der Waals surface area contributed by atoms with Gasteiger partial charge in [0.1, 0.15) is 0 Å². The quantitative estimate of drug-likeness (QED) is 0.129. The predicted molar refractivity (Wildman–Crippen MR) is 355 cm³/mol. The maximum Gasteiger partial charge on any atom is 0.0531 e. The molecule has 0 radical (unpaired) electrons. The SMILES string of the molecule is C1=Cc2ccccc2C1.CC(c1c[nH]c2ccccc12)(c1c[nH]c2ccccc12)c1c[nH]c2ccccc12.CC(c1cn(-c2ccccc2)c2ccccc12)(c1cn(-c2ccccc2)c2ccccc12)c1cn(-c2ccccc2)c2ccccc12. The van der Waals surface area contributed by atoms with E-state index in [9.17, 15) is 0 Å². The van der Waals surface area contributed by atoms with Crippen molar-refractivity contribution in [2.75, 3.05) is 0 Å². The van der Waals surface area contributed by atoms with Crippen LogP contribution in [0.4, 0.5) is 0 Å². The van der Waals surface area contributed by atoms with Crippen LogP contribution in [-0.2, 0) is 17.3 Å². The van der Waals surface area contributed by atoms with E-state index in [0.717, 1.165) is 40.0 Å². The van der Waals surface area contributed by atoms with Crippen molar-refractivity contribution < 1.29 is 0 Å². The smallest absolute Gasteiger partial charge is 0.0531 e. The van der Waals surface area contributed by atoms with Gasteiger partial charge in [-0.05, 0) is 138 Å². The van der Waals surface area contributed by atoms with Gasteiger partial charge in [0.2, 0.25) is 0 Å². The van der Waals surface area contributed by atoms with Crippen LogP contribution in [0.2, 0.25) is 0 Å². The third-order valence-electron chi connectivity index (χ3n) is 17.9. The molecule has 6 heterocycles. The van der Waals surface area contributed by atoms with Gasteiger partial charge in [-0.2, -0.15) is 0 Å². The molecule has 0 atom stereocenters. The number of hydrogen-bond acceptors (Lipinski definition) is 0. The number of hydrogen-bond donors (Lipinski definition) is 3. The van der Waals surface area contributed by atoms with Crippen molar-refractivity contribution >= 4 is 71.5 Å². The molecule has 10 aromatic carbocycles. The number of rotatable bonds is 9. The van der Waals surface area contributed by atoms with Gasteiger partial charge >= 0.3 is 0 Å². The molecule has 85 heavy (non-hydrogen) atoms. The number of allylic oxidation sites excluding steroid dienone is 1. The van der Waals surface area contributed by atoms with Crippen molar-refractivity contribution in [3.8, 4) is 17.1 Å². The summed E-state index contributed by atoms with van der Waals surface area (Å²) in [5.41, 5.74) is 20.1. The molecule has 3 N–H and O–H groups in total. The third-order valence-corrected chi connectivity index (χ3v) is 17.9. The van der Waals surface area contributed by atoms with Crippen LogP contribution in [0, 0.1) is 0 Å². The number of para-hydroxylation sites is 9. The van der Waals surface area contributed by atoms with Crippen LogP contribution in [0.25, 0.3) is 88.6 Å². The minimum Gasteiger partial charge on any atom is -0.361 e. The van der Waals surface area contributed by atoms with Crippen LogP contribution in [-0.4, -0.2) is 28.7 Å². The first-order valence-electron chi connectivity index (χ1n) is 29.4. The highest BCUT2D eigenvalue weighted by atomic mass is 15.0. The molecule has 6 heteroatoms. The number of H-pyrrole nitrogens is 3. The summed E-state index contributed by atoms with van der Waals surface area (Å²) in [6, 6.07) is 92.7. The lowest BCUT2D eigenvalue weighted by Crippen LogP contribution is -2.25. The first-order valence-corrected chi connectivity index (χ1v) is 29.4. The lowest BCUT2D eigenvalue weighted by atomic mass is 9.71. The summed E-state index contributed by atoms with van der Waals surface area (Å²) >= 11 is 0. The van der Waals surface area contributed by atoms with Gasteiger partial charge in [-0.15, -0.1) is 0 Å². The summed E-state index contributed by atoms with van der Waals surface area (Å²) in [4.78, 5) is 10.5. The highest BCUT2D eigenvalue weighted by Gasteiger charge is 2.40. The molecule has 1 aliphatic rings. The van der Waals surface area contributed by atoms with Crippen molar-refractivity contribution in [3.05, 3.63) is 349 Å². The van der Waals surface area contributed by atoms with E-state index in [0.29, 0.717) is 0 Å². The fraction of sp³-hybridized carbons (Fsp3) is 0.0633. The van der Waals surface area contributed by atoms with E-state index < -0.39 is 5.41 Å². The third kappa shape index (κ3) is 8.64. The minimum absolute atomic E-state index is 0.335. The average Bonchev–Trinajstić information content (AvgIpc) is 1.95. The predicted octanol–water partition coefficient (Wildman–Crippen LogP) is 19.6. The lowest BCUT2D eigenvalue weighted by Gasteiger charge is -2.30. The maximum absolute atomic E-state index is 3.49. The van der Waals surface area contributed by atoms with Gasteiger partial charge in [-0.25, -0.2) is 0 Å². The largest absolute Gasteiger partial charge is 0.361 e. The zero-order valence-corrected chi connectivity index (χ0v) is 47.5. The molecule has 1 aliphatic carbocycles. The molecule has 6 nitrogen and oxygen atoms in total. The standard InChI is InChI=1S/C44H33N3.C26H21N3.C9H8/c1-44(38-29-45(32-17-5-2-6-18-32)41-26-14-11-23-35(38)41,39-30-46(33-19-7-3-8-20-33)42-27-15-12-24-36(39)42)40-31-47(34-21-9-4-10-22-34)43-28-16-13-25-37(40)43;1-26(20-14-27-23-11-5-2-8-17(20)23,21-15-28-24-12-6-3-9-18(21)24)22-16-29-25-13-7-4-10-19(22)25;1-2-5-9-7-3-6-8(9)4-1/h2-31H,1H3;2-16,27-29H,1H3;1-6H,7H2. The van der Waals surface area contributed by atoms with Gasteiger partial charge in [0, 0.05) is 114 Å². The van der Waals surface area contributed by atoms with Gasteiger partial charge in [0.05, 0.1) is 16.6 Å². The Hall–Kier alpha value is -10.8. The molecule has 0 fully saturated rings. The van der Waals surface area contributed by atoms with Crippen LogP contribution in [0.5, 0.6) is 0 Å². The number of nitrogens with one attached hydrogen (secondary N) is 3. The molecule has 408 valence electrons. The van der Waals surface area contributed by atoms with Crippen molar-refractivity contribution in [1.29, 1.82) is 0 Å². The monoisotopic (exact) mass is 1090 g/mol. The van der Waals surface area contributed by atoms with E-state index in [2.05, 4.69) is 353 Å². The maximum atomic E-state index is 3.49. The second-order valence-electron chi connectivity index (χ2n) is 22.6. The average molecular weight is 1100 g/mol. The summed E-state index contributed by atoms with van der Waals surface area (Å²) in [7, 11) is 0. The van der Waals surface area contributed by atoms with Gasteiger partial charge in [-0.3, -0.25) is 0 Å².